The number of hydrogen-bond donors (Lipinski definition) is 1. The highest BCUT2D eigenvalue weighted by Gasteiger charge is 2.30. The molecule has 1 N–H and O–H groups in total. The van der Waals surface area contributed by atoms with Crippen molar-refractivity contribution < 1.29 is 13.9 Å². The molecule has 7 nitrogen and oxygen atoms in total. The maximum absolute atomic E-state index is 12.2. The SMILES string of the molecule is COc1ccccc1CN(Cc1nc(C(=O)NCCN(C)C)co1)C1CC1. The smallest absolute Gasteiger partial charge is 0.273 e. The number of nitrogens with one attached hydrogen (secondary N) is 1. The van der Waals surface area contributed by atoms with E-state index in [2.05, 4.69) is 21.3 Å². The molecule has 1 fully saturated rings. The Balaban J connectivity index is 1.61. The first-order valence-electron chi connectivity index (χ1n) is 9.30. The summed E-state index contributed by atoms with van der Waals surface area (Å²) in [6, 6.07) is 8.57. The fraction of sp³-hybridized carbons (Fsp3) is 0.500. The number of hydrogen-bond acceptors (Lipinski definition) is 6. The summed E-state index contributed by atoms with van der Waals surface area (Å²) in [5.74, 6) is 1.25. The predicted octanol–water partition coefficient (Wildman–Crippen LogP) is 2.14. The summed E-state index contributed by atoms with van der Waals surface area (Å²) < 4.78 is 11.0. The summed E-state index contributed by atoms with van der Waals surface area (Å²) in [5, 5.41) is 2.85. The quantitative estimate of drug-likeness (QED) is 0.689. The largest absolute Gasteiger partial charge is 0.496 e. The number of benzene rings is 1. The van der Waals surface area contributed by atoms with Crippen LogP contribution >= 0.6 is 0 Å². The first-order valence-corrected chi connectivity index (χ1v) is 9.30. The molecule has 1 saturated carbocycles. The van der Waals surface area contributed by atoms with Gasteiger partial charge in [0, 0.05) is 31.2 Å². The number of amides is 1. The fourth-order valence-electron chi connectivity index (χ4n) is 2.95. The summed E-state index contributed by atoms with van der Waals surface area (Å²) >= 11 is 0. The summed E-state index contributed by atoms with van der Waals surface area (Å²) in [6.07, 6.45) is 3.79. The number of likely N-dealkylation sites (N-methyl/N-ethyl adjacent to an activating group) is 1. The van der Waals surface area contributed by atoms with Gasteiger partial charge in [-0.2, -0.15) is 0 Å². The molecular weight excluding hydrogens is 344 g/mol. The Morgan fingerprint density at radius 1 is 1.30 bits per heavy atom. The second kappa shape index (κ2) is 9.01. The van der Waals surface area contributed by atoms with Crippen molar-refractivity contribution in [3.63, 3.8) is 0 Å². The zero-order chi connectivity index (χ0) is 19.2. The Hall–Kier alpha value is -2.38. The van der Waals surface area contributed by atoms with Gasteiger partial charge in [-0.05, 0) is 33.0 Å². The zero-order valence-corrected chi connectivity index (χ0v) is 16.3. The molecule has 1 aromatic heterocycles. The standard InChI is InChI=1S/C20H28N4O3/c1-23(2)11-10-21-20(25)17-14-27-19(22-17)13-24(16-8-9-16)12-15-6-4-5-7-18(15)26-3/h4-7,14,16H,8-13H2,1-3H3,(H,21,25). The molecule has 1 heterocycles. The lowest BCUT2D eigenvalue weighted by Crippen LogP contribution is -2.31. The van der Waals surface area contributed by atoms with Gasteiger partial charge in [0.25, 0.3) is 5.91 Å². The third kappa shape index (κ3) is 5.55. The van der Waals surface area contributed by atoms with E-state index >= 15 is 0 Å². The van der Waals surface area contributed by atoms with Gasteiger partial charge in [-0.1, -0.05) is 18.2 Å². The number of carbonyl (C=O) groups excluding carboxylic acids is 1. The van der Waals surface area contributed by atoms with Crippen molar-refractivity contribution in [2.24, 2.45) is 0 Å². The van der Waals surface area contributed by atoms with Crippen molar-refractivity contribution in [2.75, 3.05) is 34.3 Å². The Labute approximate surface area is 160 Å². The average molecular weight is 372 g/mol. The van der Waals surface area contributed by atoms with Crippen LogP contribution in [0.25, 0.3) is 0 Å². The third-order valence-electron chi connectivity index (χ3n) is 4.60. The van der Waals surface area contributed by atoms with E-state index in [0.29, 0.717) is 30.7 Å². The molecule has 0 radical (unpaired) electrons. The molecule has 1 aliphatic rings. The van der Waals surface area contributed by atoms with Crippen LogP contribution in [0.1, 0.15) is 34.8 Å². The van der Waals surface area contributed by atoms with Crippen molar-refractivity contribution in [1.82, 2.24) is 20.1 Å². The minimum atomic E-state index is -0.199. The molecular formula is C20H28N4O3. The predicted molar refractivity (Wildman–Crippen MR) is 103 cm³/mol. The molecule has 0 aliphatic heterocycles. The fourth-order valence-corrected chi connectivity index (χ4v) is 2.95. The summed E-state index contributed by atoms with van der Waals surface area (Å²) in [7, 11) is 5.62. The third-order valence-corrected chi connectivity index (χ3v) is 4.60. The number of aromatic nitrogens is 1. The lowest BCUT2D eigenvalue weighted by molar-refractivity contribution is 0.0946. The summed E-state index contributed by atoms with van der Waals surface area (Å²) in [4.78, 5) is 20.9. The summed E-state index contributed by atoms with van der Waals surface area (Å²) in [6.45, 7) is 2.70. The second-order valence-corrected chi connectivity index (χ2v) is 7.13. The van der Waals surface area contributed by atoms with Gasteiger partial charge in [-0.15, -0.1) is 0 Å². The molecule has 0 unspecified atom stereocenters. The molecule has 1 amide bonds. The Kier molecular flexibility index (Phi) is 6.47. The Morgan fingerprint density at radius 3 is 2.78 bits per heavy atom. The van der Waals surface area contributed by atoms with Gasteiger partial charge >= 0.3 is 0 Å². The van der Waals surface area contributed by atoms with Gasteiger partial charge < -0.3 is 19.4 Å². The number of ether oxygens (including phenoxy) is 1. The Morgan fingerprint density at radius 2 is 2.07 bits per heavy atom. The van der Waals surface area contributed by atoms with E-state index < -0.39 is 0 Å². The van der Waals surface area contributed by atoms with E-state index in [1.54, 1.807) is 7.11 Å². The van der Waals surface area contributed by atoms with Gasteiger partial charge in [0.05, 0.1) is 13.7 Å². The van der Waals surface area contributed by atoms with E-state index in [9.17, 15) is 4.79 Å². The van der Waals surface area contributed by atoms with E-state index in [0.717, 1.165) is 24.4 Å². The highest BCUT2D eigenvalue weighted by Crippen LogP contribution is 2.31. The number of oxazole rings is 1. The molecule has 1 aliphatic carbocycles. The summed E-state index contributed by atoms with van der Waals surface area (Å²) in [5.41, 5.74) is 1.47. The zero-order valence-electron chi connectivity index (χ0n) is 16.3. The molecule has 27 heavy (non-hydrogen) atoms. The molecule has 0 saturated heterocycles. The van der Waals surface area contributed by atoms with Crippen molar-refractivity contribution in [1.29, 1.82) is 0 Å². The van der Waals surface area contributed by atoms with Crippen LogP contribution in [0.15, 0.2) is 34.9 Å². The van der Waals surface area contributed by atoms with Crippen LogP contribution in [0.2, 0.25) is 0 Å². The van der Waals surface area contributed by atoms with Gasteiger partial charge in [0.1, 0.15) is 12.0 Å². The van der Waals surface area contributed by atoms with E-state index in [4.69, 9.17) is 9.15 Å². The molecule has 0 spiro atoms. The van der Waals surface area contributed by atoms with Crippen molar-refractivity contribution in [3.8, 4) is 5.75 Å². The number of rotatable bonds is 10. The van der Waals surface area contributed by atoms with Crippen LogP contribution in [0.4, 0.5) is 0 Å². The normalized spacial score (nSPS) is 14.0. The van der Waals surface area contributed by atoms with E-state index in [1.165, 1.54) is 19.1 Å². The first kappa shape index (κ1) is 19.4. The van der Waals surface area contributed by atoms with Crippen LogP contribution in [0.3, 0.4) is 0 Å². The van der Waals surface area contributed by atoms with Gasteiger partial charge in [-0.3, -0.25) is 9.69 Å². The highest BCUT2D eigenvalue weighted by molar-refractivity contribution is 5.91. The minimum absolute atomic E-state index is 0.199. The average Bonchev–Trinajstić information content (AvgIpc) is 3.40. The van der Waals surface area contributed by atoms with Crippen LogP contribution in [-0.4, -0.2) is 61.0 Å². The second-order valence-electron chi connectivity index (χ2n) is 7.13. The molecule has 7 heteroatoms. The number of carbonyl (C=O) groups is 1. The van der Waals surface area contributed by atoms with Crippen LogP contribution < -0.4 is 10.1 Å². The maximum atomic E-state index is 12.2. The number of methoxy groups -OCH3 is 1. The topological polar surface area (TPSA) is 70.8 Å². The van der Waals surface area contributed by atoms with E-state index in [1.807, 2.05) is 37.2 Å². The van der Waals surface area contributed by atoms with Gasteiger partial charge in [0.2, 0.25) is 5.89 Å². The van der Waals surface area contributed by atoms with E-state index in [-0.39, 0.29) is 5.91 Å². The highest BCUT2D eigenvalue weighted by atomic mass is 16.5. The minimum Gasteiger partial charge on any atom is -0.496 e. The van der Waals surface area contributed by atoms with Gasteiger partial charge in [-0.25, -0.2) is 4.98 Å². The molecule has 2 aromatic rings. The lowest BCUT2D eigenvalue weighted by atomic mass is 10.2. The Bertz CT molecular complexity index is 755. The maximum Gasteiger partial charge on any atom is 0.273 e. The van der Waals surface area contributed by atoms with Crippen molar-refractivity contribution in [2.45, 2.75) is 32.0 Å². The lowest BCUT2D eigenvalue weighted by Gasteiger charge is -2.21. The molecule has 3 rings (SSSR count). The molecule has 1 aromatic carbocycles. The van der Waals surface area contributed by atoms with Crippen LogP contribution in [-0.2, 0) is 13.1 Å². The first-order chi connectivity index (χ1) is 13.1. The monoisotopic (exact) mass is 372 g/mol. The van der Waals surface area contributed by atoms with Crippen LogP contribution in [0.5, 0.6) is 5.75 Å². The number of nitrogens with zero attached hydrogens (tertiary/aromatic N) is 3. The molecule has 0 bridgehead atoms. The molecule has 0 atom stereocenters. The van der Waals surface area contributed by atoms with Crippen molar-refractivity contribution in [3.05, 3.63) is 47.7 Å². The molecule has 146 valence electrons. The van der Waals surface area contributed by atoms with Gasteiger partial charge in [0.15, 0.2) is 5.69 Å². The van der Waals surface area contributed by atoms with Crippen LogP contribution in [0, 0.1) is 0 Å². The number of para-hydroxylation sites is 1. The van der Waals surface area contributed by atoms with Crippen molar-refractivity contribution >= 4 is 5.91 Å².